The van der Waals surface area contributed by atoms with E-state index in [1.165, 1.54) is 13.0 Å². The Labute approximate surface area is 79.3 Å². The summed E-state index contributed by atoms with van der Waals surface area (Å²) < 4.78 is 25.3. The van der Waals surface area contributed by atoms with E-state index in [0.717, 1.165) is 12.1 Å². The molecule has 0 radical (unpaired) electrons. The summed E-state index contributed by atoms with van der Waals surface area (Å²) in [6.45, 7) is 1.36. The van der Waals surface area contributed by atoms with Gasteiger partial charge in [0.15, 0.2) is 11.6 Å². The molecule has 0 heterocycles. The van der Waals surface area contributed by atoms with Crippen LogP contribution in [0.2, 0.25) is 0 Å². The van der Waals surface area contributed by atoms with E-state index in [2.05, 4.69) is 5.16 Å². The fraction of sp³-hybridized carbons (Fsp3) is 0.222. The highest BCUT2D eigenvalue weighted by Gasteiger charge is 2.12. The maximum atomic E-state index is 12.7. The van der Waals surface area contributed by atoms with Crippen molar-refractivity contribution in [1.29, 1.82) is 0 Å². The van der Waals surface area contributed by atoms with E-state index in [9.17, 15) is 8.78 Å². The van der Waals surface area contributed by atoms with Crippen molar-refractivity contribution < 1.29 is 19.1 Å². The lowest BCUT2D eigenvalue weighted by atomic mass is 10.1. The highest BCUT2D eigenvalue weighted by atomic mass is 19.2. The molecular formula is C9H9F2NO2. The van der Waals surface area contributed by atoms with Crippen LogP contribution in [0, 0.1) is 11.6 Å². The van der Waals surface area contributed by atoms with Gasteiger partial charge >= 0.3 is 0 Å². The minimum Gasteiger partial charge on any atom is -0.411 e. The summed E-state index contributed by atoms with van der Waals surface area (Å²) in [5.41, 5.74) is 0.0327. The van der Waals surface area contributed by atoms with Crippen LogP contribution in [0.25, 0.3) is 0 Å². The minimum atomic E-state index is -1.05. The molecule has 76 valence electrons. The fourth-order valence-corrected chi connectivity index (χ4v) is 1.04. The van der Waals surface area contributed by atoms with Crippen molar-refractivity contribution >= 4 is 5.71 Å². The molecule has 0 aliphatic carbocycles. The molecule has 0 aliphatic rings. The molecule has 1 aromatic rings. The van der Waals surface area contributed by atoms with Gasteiger partial charge in [-0.2, -0.15) is 0 Å². The molecule has 2 N–H and O–H groups in total. The fourth-order valence-electron chi connectivity index (χ4n) is 1.04. The first-order valence-corrected chi connectivity index (χ1v) is 3.91. The van der Waals surface area contributed by atoms with Crippen molar-refractivity contribution in [2.24, 2.45) is 5.16 Å². The average molecular weight is 201 g/mol. The van der Waals surface area contributed by atoms with Gasteiger partial charge in [-0.25, -0.2) is 8.78 Å². The van der Waals surface area contributed by atoms with Crippen LogP contribution >= 0.6 is 0 Å². The second-order valence-corrected chi connectivity index (χ2v) is 2.79. The van der Waals surface area contributed by atoms with E-state index in [0.29, 0.717) is 0 Å². The Hall–Kier alpha value is -1.49. The molecule has 0 saturated heterocycles. The standard InChI is InChI=1S/C9H9F2NO2/c1-5(13)9(12-14)6-2-3-7(10)8(11)4-6/h2-5,13-14H,1H3/b12-9-. The summed E-state index contributed by atoms with van der Waals surface area (Å²) >= 11 is 0. The van der Waals surface area contributed by atoms with Crippen molar-refractivity contribution in [1.82, 2.24) is 0 Å². The highest BCUT2D eigenvalue weighted by molar-refractivity contribution is 6.03. The summed E-state index contributed by atoms with van der Waals surface area (Å²) in [4.78, 5) is 0. The number of oxime groups is 1. The van der Waals surface area contributed by atoms with Gasteiger partial charge < -0.3 is 10.3 Å². The Morgan fingerprint density at radius 3 is 2.43 bits per heavy atom. The third-order valence-corrected chi connectivity index (χ3v) is 1.72. The number of rotatable bonds is 2. The molecule has 14 heavy (non-hydrogen) atoms. The number of hydrogen-bond donors (Lipinski definition) is 2. The van der Waals surface area contributed by atoms with Gasteiger partial charge in [0.2, 0.25) is 0 Å². The van der Waals surface area contributed by atoms with Crippen LogP contribution in [0.5, 0.6) is 0 Å². The molecule has 3 nitrogen and oxygen atoms in total. The Morgan fingerprint density at radius 1 is 1.36 bits per heavy atom. The maximum Gasteiger partial charge on any atom is 0.159 e. The molecule has 0 aromatic heterocycles. The second kappa shape index (κ2) is 4.15. The topological polar surface area (TPSA) is 52.8 Å². The van der Waals surface area contributed by atoms with Gasteiger partial charge in [-0.15, -0.1) is 0 Å². The first-order valence-electron chi connectivity index (χ1n) is 3.91. The molecule has 0 fully saturated rings. The van der Waals surface area contributed by atoms with Crippen molar-refractivity contribution in [3.8, 4) is 0 Å². The predicted octanol–water partition coefficient (Wildman–Crippen LogP) is 1.52. The smallest absolute Gasteiger partial charge is 0.159 e. The first-order chi connectivity index (χ1) is 6.56. The van der Waals surface area contributed by atoms with Crippen LogP contribution in [-0.4, -0.2) is 22.1 Å². The Kier molecular flexibility index (Phi) is 3.14. The van der Waals surface area contributed by atoms with Gasteiger partial charge in [-0.1, -0.05) is 5.16 Å². The molecule has 0 saturated carbocycles. The largest absolute Gasteiger partial charge is 0.411 e. The molecule has 5 heteroatoms. The van der Waals surface area contributed by atoms with Gasteiger partial charge in [0.1, 0.15) is 5.71 Å². The molecular weight excluding hydrogens is 192 g/mol. The third-order valence-electron chi connectivity index (χ3n) is 1.72. The number of hydrogen-bond acceptors (Lipinski definition) is 3. The molecule has 0 amide bonds. The third kappa shape index (κ3) is 2.05. The average Bonchev–Trinajstić information content (AvgIpc) is 2.11. The van der Waals surface area contributed by atoms with Crippen LogP contribution in [0.4, 0.5) is 8.78 Å². The lowest BCUT2D eigenvalue weighted by molar-refractivity contribution is 0.248. The molecule has 1 aromatic carbocycles. The van der Waals surface area contributed by atoms with Crippen molar-refractivity contribution in [2.45, 2.75) is 13.0 Å². The van der Waals surface area contributed by atoms with Crippen LogP contribution in [0.15, 0.2) is 23.4 Å². The van der Waals surface area contributed by atoms with Crippen molar-refractivity contribution in [3.63, 3.8) is 0 Å². The van der Waals surface area contributed by atoms with Crippen LogP contribution in [0.1, 0.15) is 12.5 Å². The van der Waals surface area contributed by atoms with Crippen LogP contribution in [0.3, 0.4) is 0 Å². The van der Waals surface area contributed by atoms with E-state index in [4.69, 9.17) is 10.3 Å². The number of aliphatic hydroxyl groups is 1. The van der Waals surface area contributed by atoms with Crippen molar-refractivity contribution in [2.75, 3.05) is 0 Å². The van der Waals surface area contributed by atoms with Crippen molar-refractivity contribution in [3.05, 3.63) is 35.4 Å². The van der Waals surface area contributed by atoms with E-state index in [-0.39, 0.29) is 11.3 Å². The summed E-state index contributed by atoms with van der Waals surface area (Å²) in [6, 6.07) is 2.98. The Balaban J connectivity index is 3.13. The van der Waals surface area contributed by atoms with Crippen LogP contribution < -0.4 is 0 Å². The van der Waals surface area contributed by atoms with Crippen LogP contribution in [-0.2, 0) is 0 Å². The summed E-state index contributed by atoms with van der Waals surface area (Å²) in [6.07, 6.45) is -1.05. The normalized spacial score (nSPS) is 14.1. The Bertz CT molecular complexity index is 364. The van der Waals surface area contributed by atoms with Gasteiger partial charge in [0.05, 0.1) is 6.10 Å². The van der Waals surface area contributed by atoms with Gasteiger partial charge in [-0.3, -0.25) is 0 Å². The quantitative estimate of drug-likeness (QED) is 0.433. The zero-order valence-electron chi connectivity index (χ0n) is 7.41. The molecule has 1 rings (SSSR count). The van der Waals surface area contributed by atoms with E-state index < -0.39 is 17.7 Å². The maximum absolute atomic E-state index is 12.7. The monoisotopic (exact) mass is 201 g/mol. The highest BCUT2D eigenvalue weighted by Crippen LogP contribution is 2.11. The summed E-state index contributed by atoms with van der Waals surface area (Å²) in [5, 5.41) is 20.4. The second-order valence-electron chi connectivity index (χ2n) is 2.79. The SMILES string of the molecule is CC(O)/C(=N/O)c1ccc(F)c(F)c1. The molecule has 0 bridgehead atoms. The zero-order valence-corrected chi connectivity index (χ0v) is 7.41. The summed E-state index contributed by atoms with van der Waals surface area (Å²) in [5.74, 6) is -2.04. The van der Waals surface area contributed by atoms with Gasteiger partial charge in [0.25, 0.3) is 0 Å². The molecule has 0 spiro atoms. The number of aliphatic hydroxyl groups excluding tert-OH is 1. The first kappa shape index (κ1) is 10.6. The van der Waals surface area contributed by atoms with E-state index >= 15 is 0 Å². The number of halogens is 2. The van der Waals surface area contributed by atoms with Gasteiger partial charge in [0, 0.05) is 5.56 Å². The number of nitrogens with zero attached hydrogens (tertiary/aromatic N) is 1. The lowest BCUT2D eigenvalue weighted by Crippen LogP contribution is -2.17. The Morgan fingerprint density at radius 2 is 2.00 bits per heavy atom. The van der Waals surface area contributed by atoms with E-state index in [1.807, 2.05) is 0 Å². The zero-order chi connectivity index (χ0) is 10.7. The minimum absolute atomic E-state index is 0.107. The van der Waals surface area contributed by atoms with E-state index in [1.54, 1.807) is 0 Å². The summed E-state index contributed by atoms with van der Waals surface area (Å²) in [7, 11) is 0. The number of benzene rings is 1. The van der Waals surface area contributed by atoms with Gasteiger partial charge in [-0.05, 0) is 25.1 Å². The predicted molar refractivity (Wildman–Crippen MR) is 46.4 cm³/mol. The molecule has 1 atom stereocenters. The molecule has 1 unspecified atom stereocenters. The lowest BCUT2D eigenvalue weighted by Gasteiger charge is -2.07. The molecule has 0 aliphatic heterocycles.